The van der Waals surface area contributed by atoms with Crippen LogP contribution in [-0.4, -0.2) is 33.0 Å². The highest BCUT2D eigenvalue weighted by Gasteiger charge is 2.29. The van der Waals surface area contributed by atoms with Crippen LogP contribution >= 0.6 is 0 Å². The Labute approximate surface area is 98.9 Å². The Hall–Kier alpha value is -2.04. The normalized spacial score (nSPS) is 14.6. The van der Waals surface area contributed by atoms with Gasteiger partial charge >= 0.3 is 0 Å². The quantitative estimate of drug-likeness (QED) is 0.724. The van der Waals surface area contributed by atoms with Gasteiger partial charge in [0.2, 0.25) is 5.91 Å². The van der Waals surface area contributed by atoms with Gasteiger partial charge in [-0.3, -0.25) is 9.59 Å². The summed E-state index contributed by atoms with van der Waals surface area (Å²) in [5, 5.41) is 0. The first-order chi connectivity index (χ1) is 8.08. The molecule has 0 saturated carbocycles. The molecule has 5 nitrogen and oxygen atoms in total. The second-order valence-corrected chi connectivity index (χ2v) is 3.78. The first-order valence-electron chi connectivity index (χ1n) is 5.14. The fourth-order valence-electron chi connectivity index (χ4n) is 1.85. The SMILES string of the molecule is COc1cc2c(cc1OC)N(C)C(=O)CC2=O. The third kappa shape index (κ3) is 1.73. The molecule has 1 aromatic rings. The van der Waals surface area contributed by atoms with E-state index in [0.717, 1.165) is 0 Å². The van der Waals surface area contributed by atoms with E-state index < -0.39 is 0 Å². The van der Waals surface area contributed by atoms with Crippen LogP contribution in [0.25, 0.3) is 0 Å². The predicted molar refractivity (Wildman–Crippen MR) is 61.9 cm³/mol. The van der Waals surface area contributed by atoms with Gasteiger partial charge in [-0.05, 0) is 6.07 Å². The fourth-order valence-corrected chi connectivity index (χ4v) is 1.85. The van der Waals surface area contributed by atoms with E-state index in [4.69, 9.17) is 9.47 Å². The van der Waals surface area contributed by atoms with Crippen LogP contribution in [0.5, 0.6) is 11.5 Å². The summed E-state index contributed by atoms with van der Waals surface area (Å²) in [5.41, 5.74) is 1.05. The number of ketones is 1. The van der Waals surface area contributed by atoms with Crippen LogP contribution in [0.3, 0.4) is 0 Å². The van der Waals surface area contributed by atoms with Gasteiger partial charge in [0.05, 0.1) is 26.3 Å². The Morgan fingerprint density at radius 1 is 1.12 bits per heavy atom. The zero-order valence-electron chi connectivity index (χ0n) is 9.94. The molecule has 0 saturated heterocycles. The fraction of sp³-hybridized carbons (Fsp3) is 0.333. The van der Waals surface area contributed by atoms with Crippen molar-refractivity contribution >= 4 is 17.4 Å². The Morgan fingerprint density at radius 3 is 2.29 bits per heavy atom. The first kappa shape index (κ1) is 11.4. The van der Waals surface area contributed by atoms with Crippen LogP contribution in [0.1, 0.15) is 16.8 Å². The molecule has 1 amide bonds. The smallest absolute Gasteiger partial charge is 0.234 e. The number of fused-ring (bicyclic) bond motifs is 1. The van der Waals surface area contributed by atoms with Crippen LogP contribution in [0.15, 0.2) is 12.1 Å². The van der Waals surface area contributed by atoms with Crippen LogP contribution in [0.4, 0.5) is 5.69 Å². The van der Waals surface area contributed by atoms with E-state index in [0.29, 0.717) is 22.7 Å². The molecule has 17 heavy (non-hydrogen) atoms. The second-order valence-electron chi connectivity index (χ2n) is 3.78. The molecule has 0 spiro atoms. The zero-order valence-corrected chi connectivity index (χ0v) is 9.94. The largest absolute Gasteiger partial charge is 0.493 e. The zero-order chi connectivity index (χ0) is 12.6. The molecule has 0 atom stereocenters. The van der Waals surface area contributed by atoms with Crippen molar-refractivity contribution in [1.82, 2.24) is 0 Å². The Bertz CT molecular complexity index is 496. The van der Waals surface area contributed by atoms with Gasteiger partial charge in [-0.1, -0.05) is 0 Å². The van der Waals surface area contributed by atoms with E-state index in [1.165, 1.54) is 19.1 Å². The van der Waals surface area contributed by atoms with E-state index in [9.17, 15) is 9.59 Å². The second kappa shape index (κ2) is 4.08. The van der Waals surface area contributed by atoms with Crippen molar-refractivity contribution in [3.05, 3.63) is 17.7 Å². The van der Waals surface area contributed by atoms with E-state index >= 15 is 0 Å². The number of rotatable bonds is 2. The van der Waals surface area contributed by atoms with Crippen molar-refractivity contribution in [1.29, 1.82) is 0 Å². The van der Waals surface area contributed by atoms with E-state index in [1.54, 1.807) is 19.2 Å². The molecular weight excluding hydrogens is 222 g/mol. The maximum Gasteiger partial charge on any atom is 0.234 e. The van der Waals surface area contributed by atoms with Crippen molar-refractivity contribution in [3.63, 3.8) is 0 Å². The number of carbonyl (C=O) groups is 2. The van der Waals surface area contributed by atoms with Gasteiger partial charge in [0, 0.05) is 18.7 Å². The van der Waals surface area contributed by atoms with Gasteiger partial charge in [-0.2, -0.15) is 0 Å². The summed E-state index contributed by atoms with van der Waals surface area (Å²) in [7, 11) is 4.66. The summed E-state index contributed by atoms with van der Waals surface area (Å²) in [6, 6.07) is 3.25. The number of anilines is 1. The molecular formula is C12H13NO4. The molecule has 1 aromatic carbocycles. The van der Waals surface area contributed by atoms with Crippen molar-refractivity contribution in [3.8, 4) is 11.5 Å². The topological polar surface area (TPSA) is 55.8 Å². The highest BCUT2D eigenvalue weighted by Crippen LogP contribution is 2.37. The van der Waals surface area contributed by atoms with Gasteiger partial charge in [-0.15, -0.1) is 0 Å². The van der Waals surface area contributed by atoms with E-state index in [2.05, 4.69) is 0 Å². The third-order valence-corrected chi connectivity index (χ3v) is 2.85. The molecule has 2 rings (SSSR count). The monoisotopic (exact) mass is 235 g/mol. The Kier molecular flexibility index (Phi) is 2.75. The number of ether oxygens (including phenoxy) is 2. The summed E-state index contributed by atoms with van der Waals surface area (Å²) < 4.78 is 10.3. The van der Waals surface area contributed by atoms with E-state index in [1.807, 2.05) is 0 Å². The minimum atomic E-state index is -0.213. The molecule has 0 radical (unpaired) electrons. The Balaban J connectivity index is 2.62. The maximum atomic E-state index is 11.8. The number of amides is 1. The summed E-state index contributed by atoms with van der Waals surface area (Å²) in [6.07, 6.45) is -0.0982. The van der Waals surface area contributed by atoms with Crippen LogP contribution in [0.2, 0.25) is 0 Å². The summed E-state index contributed by atoms with van der Waals surface area (Å²) >= 11 is 0. The molecule has 0 unspecified atom stereocenters. The van der Waals surface area contributed by atoms with Crippen molar-refractivity contribution in [2.75, 3.05) is 26.2 Å². The number of nitrogens with zero attached hydrogens (tertiary/aromatic N) is 1. The molecule has 0 bridgehead atoms. The third-order valence-electron chi connectivity index (χ3n) is 2.85. The lowest BCUT2D eigenvalue weighted by molar-refractivity contribution is -0.117. The highest BCUT2D eigenvalue weighted by molar-refractivity contribution is 6.19. The molecule has 1 aliphatic heterocycles. The molecule has 0 fully saturated rings. The van der Waals surface area contributed by atoms with Gasteiger partial charge in [0.25, 0.3) is 0 Å². The molecule has 0 aromatic heterocycles. The predicted octanol–water partition coefficient (Wildman–Crippen LogP) is 1.25. The van der Waals surface area contributed by atoms with Crippen molar-refractivity contribution < 1.29 is 19.1 Å². The molecule has 5 heteroatoms. The molecule has 1 heterocycles. The lowest BCUT2D eigenvalue weighted by Gasteiger charge is -2.25. The minimum Gasteiger partial charge on any atom is -0.493 e. The number of methoxy groups -OCH3 is 2. The number of benzene rings is 1. The van der Waals surface area contributed by atoms with Gasteiger partial charge in [-0.25, -0.2) is 0 Å². The number of carbonyl (C=O) groups excluding carboxylic acids is 2. The van der Waals surface area contributed by atoms with E-state index in [-0.39, 0.29) is 18.1 Å². The molecule has 1 aliphatic rings. The summed E-state index contributed by atoms with van der Waals surface area (Å²) in [4.78, 5) is 24.8. The van der Waals surface area contributed by atoms with Gasteiger partial charge in [0.1, 0.15) is 0 Å². The maximum absolute atomic E-state index is 11.8. The Morgan fingerprint density at radius 2 is 1.71 bits per heavy atom. The molecule has 0 N–H and O–H groups in total. The number of hydrogen-bond acceptors (Lipinski definition) is 4. The van der Waals surface area contributed by atoms with Crippen LogP contribution in [-0.2, 0) is 4.79 Å². The summed E-state index contributed by atoms with van der Waals surface area (Å²) in [6.45, 7) is 0. The van der Waals surface area contributed by atoms with Crippen molar-refractivity contribution in [2.45, 2.75) is 6.42 Å². The lowest BCUT2D eigenvalue weighted by atomic mass is 9.99. The first-order valence-corrected chi connectivity index (χ1v) is 5.14. The highest BCUT2D eigenvalue weighted by atomic mass is 16.5. The van der Waals surface area contributed by atoms with Crippen LogP contribution in [0, 0.1) is 0 Å². The molecule has 0 aliphatic carbocycles. The number of hydrogen-bond donors (Lipinski definition) is 0. The van der Waals surface area contributed by atoms with Crippen LogP contribution < -0.4 is 14.4 Å². The average molecular weight is 235 g/mol. The average Bonchev–Trinajstić information content (AvgIpc) is 2.34. The minimum absolute atomic E-state index is 0.0982. The van der Waals surface area contributed by atoms with Gasteiger partial charge in [0.15, 0.2) is 17.3 Å². The standard InChI is InChI=1S/C12H13NO4/c1-13-8-5-11(17-3)10(16-2)4-7(8)9(14)6-12(13)15/h4-5H,6H2,1-3H3. The van der Waals surface area contributed by atoms with Gasteiger partial charge < -0.3 is 14.4 Å². The molecule has 90 valence electrons. The lowest BCUT2D eigenvalue weighted by Crippen LogP contribution is -2.34. The summed E-state index contributed by atoms with van der Waals surface area (Å²) in [5.74, 6) is 0.585. The number of Topliss-reactive ketones (excluding diaryl/α,β-unsaturated/α-hetero) is 1. The van der Waals surface area contributed by atoms with Crippen molar-refractivity contribution in [2.24, 2.45) is 0 Å².